The molecule has 1 amide bonds. The van der Waals surface area contributed by atoms with E-state index in [1.807, 2.05) is 18.2 Å². The lowest BCUT2D eigenvalue weighted by Gasteiger charge is -2.30. The van der Waals surface area contributed by atoms with Crippen LogP contribution >= 0.6 is 0 Å². The molecule has 4 rings (SSSR count). The summed E-state index contributed by atoms with van der Waals surface area (Å²) in [6.07, 6.45) is 5.83. The molecule has 0 spiro atoms. The Bertz CT molecular complexity index is 824. The maximum Gasteiger partial charge on any atom is 0.248 e. The molecular formula is C20H22N2O2. The van der Waals surface area contributed by atoms with E-state index in [0.717, 1.165) is 49.8 Å². The van der Waals surface area contributed by atoms with Crippen LogP contribution in [-0.4, -0.2) is 10.9 Å². The first-order valence-corrected chi connectivity index (χ1v) is 8.82. The van der Waals surface area contributed by atoms with Gasteiger partial charge >= 0.3 is 0 Å². The minimum Gasteiger partial charge on any atom is -0.349 e. The monoisotopic (exact) mass is 322 g/mol. The van der Waals surface area contributed by atoms with E-state index in [-0.39, 0.29) is 23.4 Å². The summed E-state index contributed by atoms with van der Waals surface area (Å²) in [7, 11) is 0. The van der Waals surface area contributed by atoms with Crippen molar-refractivity contribution < 1.29 is 4.79 Å². The van der Waals surface area contributed by atoms with Gasteiger partial charge in [-0.2, -0.15) is 0 Å². The first-order valence-electron chi connectivity index (χ1n) is 8.82. The average molecular weight is 322 g/mol. The summed E-state index contributed by atoms with van der Waals surface area (Å²) in [6, 6.07) is 11.7. The molecule has 24 heavy (non-hydrogen) atoms. The quantitative estimate of drug-likeness (QED) is 0.893. The number of benzene rings is 1. The van der Waals surface area contributed by atoms with E-state index in [9.17, 15) is 9.59 Å². The lowest BCUT2D eigenvalue weighted by atomic mass is 9.82. The number of aryl methyl sites for hydroxylation is 2. The predicted molar refractivity (Wildman–Crippen MR) is 93.0 cm³/mol. The number of rotatable bonds is 2. The molecule has 1 aromatic carbocycles. The van der Waals surface area contributed by atoms with E-state index in [1.54, 1.807) is 6.07 Å². The number of carbonyl (C=O) groups excluding carboxylic acids is 1. The van der Waals surface area contributed by atoms with Crippen molar-refractivity contribution in [1.29, 1.82) is 0 Å². The molecule has 1 aromatic heterocycles. The van der Waals surface area contributed by atoms with Gasteiger partial charge in [0.05, 0.1) is 12.0 Å². The number of fused-ring (bicyclic) bond motifs is 2. The number of carbonyl (C=O) groups is 1. The Morgan fingerprint density at radius 1 is 1.00 bits per heavy atom. The third kappa shape index (κ3) is 2.77. The second kappa shape index (κ2) is 6.27. The minimum absolute atomic E-state index is 0.00666. The van der Waals surface area contributed by atoms with Gasteiger partial charge in [0, 0.05) is 11.8 Å². The molecule has 2 aromatic rings. The van der Waals surface area contributed by atoms with Gasteiger partial charge in [-0.15, -0.1) is 0 Å². The van der Waals surface area contributed by atoms with Crippen LogP contribution in [0.25, 0.3) is 0 Å². The smallest absolute Gasteiger partial charge is 0.248 e. The zero-order valence-electron chi connectivity index (χ0n) is 13.7. The first-order chi connectivity index (χ1) is 11.7. The fraction of sp³-hybridized carbons (Fsp3) is 0.400. The van der Waals surface area contributed by atoms with E-state index in [2.05, 4.69) is 22.4 Å². The molecule has 0 bridgehead atoms. The maximum atomic E-state index is 12.9. The van der Waals surface area contributed by atoms with Gasteiger partial charge in [0.15, 0.2) is 0 Å². The van der Waals surface area contributed by atoms with Crippen LogP contribution in [0.1, 0.15) is 60.0 Å². The summed E-state index contributed by atoms with van der Waals surface area (Å²) in [4.78, 5) is 27.4. The summed E-state index contributed by atoms with van der Waals surface area (Å²) >= 11 is 0. The molecule has 0 aliphatic heterocycles. The van der Waals surface area contributed by atoms with Gasteiger partial charge in [-0.05, 0) is 61.3 Å². The highest BCUT2D eigenvalue weighted by Crippen LogP contribution is 2.33. The topological polar surface area (TPSA) is 62.0 Å². The van der Waals surface area contributed by atoms with Crippen LogP contribution in [0.15, 0.2) is 41.2 Å². The second-order valence-electron chi connectivity index (χ2n) is 6.85. The summed E-state index contributed by atoms with van der Waals surface area (Å²) in [5.74, 6) is 0.0642. The van der Waals surface area contributed by atoms with Crippen LogP contribution in [0.2, 0.25) is 0 Å². The van der Waals surface area contributed by atoms with Gasteiger partial charge in [0.25, 0.3) is 0 Å². The lowest BCUT2D eigenvalue weighted by molar-refractivity contribution is -0.123. The second-order valence-corrected chi connectivity index (χ2v) is 6.85. The van der Waals surface area contributed by atoms with E-state index < -0.39 is 0 Å². The number of aromatic nitrogens is 1. The standard InChI is InChI=1S/C20H22N2O2/c23-19-12-11-16-17(21-19)9-4-10-18(16)22-20(24)15-8-3-6-13-5-1-2-7-14(13)15/h1-2,5,7,11-12,15,18H,3-4,6,8-10H2,(H,21,23)(H,22,24)/t15-,18+/m0/s1. The number of aromatic amines is 1. The van der Waals surface area contributed by atoms with Crippen LogP contribution in [0, 0.1) is 0 Å². The van der Waals surface area contributed by atoms with Crippen molar-refractivity contribution in [2.45, 2.75) is 50.5 Å². The number of amides is 1. The summed E-state index contributed by atoms with van der Waals surface area (Å²) < 4.78 is 0. The molecule has 2 N–H and O–H groups in total. The number of pyridine rings is 1. The van der Waals surface area contributed by atoms with Crippen LogP contribution in [0.3, 0.4) is 0 Å². The largest absolute Gasteiger partial charge is 0.349 e. The Morgan fingerprint density at radius 2 is 1.83 bits per heavy atom. The van der Waals surface area contributed by atoms with Crippen LogP contribution in [0.5, 0.6) is 0 Å². The molecule has 0 saturated heterocycles. The van der Waals surface area contributed by atoms with Crippen molar-refractivity contribution in [2.24, 2.45) is 0 Å². The van der Waals surface area contributed by atoms with Gasteiger partial charge in [0.1, 0.15) is 0 Å². The molecular weight excluding hydrogens is 300 g/mol. The van der Waals surface area contributed by atoms with E-state index in [0.29, 0.717) is 0 Å². The Morgan fingerprint density at radius 3 is 2.75 bits per heavy atom. The average Bonchev–Trinajstić information content (AvgIpc) is 2.61. The van der Waals surface area contributed by atoms with E-state index in [4.69, 9.17) is 0 Å². The third-order valence-corrected chi connectivity index (χ3v) is 5.33. The van der Waals surface area contributed by atoms with Crippen molar-refractivity contribution in [3.8, 4) is 0 Å². The highest BCUT2D eigenvalue weighted by atomic mass is 16.2. The highest BCUT2D eigenvalue weighted by molar-refractivity contribution is 5.84. The number of nitrogens with one attached hydrogen (secondary N) is 2. The minimum atomic E-state index is -0.0677. The first kappa shape index (κ1) is 15.2. The Hall–Kier alpha value is -2.36. The van der Waals surface area contributed by atoms with Crippen LogP contribution < -0.4 is 10.9 Å². The Labute approximate surface area is 141 Å². The van der Waals surface area contributed by atoms with Gasteiger partial charge in [-0.3, -0.25) is 9.59 Å². The SMILES string of the molecule is O=C(N[C@@H]1CCCc2[nH]c(=O)ccc21)[C@H]1CCCc2ccccc21. The van der Waals surface area contributed by atoms with Crippen LogP contribution in [0.4, 0.5) is 0 Å². The van der Waals surface area contributed by atoms with Gasteiger partial charge in [-0.25, -0.2) is 0 Å². The summed E-state index contributed by atoms with van der Waals surface area (Å²) in [5, 5.41) is 3.24. The molecule has 4 heteroatoms. The predicted octanol–water partition coefficient (Wildman–Crippen LogP) is 2.99. The molecule has 0 unspecified atom stereocenters. The Kier molecular flexibility index (Phi) is 3.97. The summed E-state index contributed by atoms with van der Waals surface area (Å²) in [6.45, 7) is 0. The molecule has 1 heterocycles. The number of hydrogen-bond acceptors (Lipinski definition) is 2. The zero-order chi connectivity index (χ0) is 16.5. The normalized spacial score (nSPS) is 22.3. The fourth-order valence-corrected chi connectivity index (χ4v) is 4.15. The van der Waals surface area contributed by atoms with Crippen molar-refractivity contribution in [3.05, 3.63) is 69.1 Å². The van der Waals surface area contributed by atoms with E-state index in [1.165, 1.54) is 11.1 Å². The molecule has 2 aliphatic rings. The zero-order valence-corrected chi connectivity index (χ0v) is 13.7. The fourth-order valence-electron chi connectivity index (χ4n) is 4.15. The molecule has 124 valence electrons. The highest BCUT2D eigenvalue weighted by Gasteiger charge is 2.29. The van der Waals surface area contributed by atoms with Crippen molar-refractivity contribution in [1.82, 2.24) is 10.3 Å². The molecule has 0 saturated carbocycles. The molecule has 0 fully saturated rings. The van der Waals surface area contributed by atoms with Gasteiger partial charge < -0.3 is 10.3 Å². The van der Waals surface area contributed by atoms with Crippen molar-refractivity contribution >= 4 is 5.91 Å². The van der Waals surface area contributed by atoms with Crippen molar-refractivity contribution in [2.75, 3.05) is 0 Å². The Balaban J connectivity index is 1.57. The summed E-state index contributed by atoms with van der Waals surface area (Å²) in [5.41, 5.74) is 4.46. The van der Waals surface area contributed by atoms with Crippen molar-refractivity contribution in [3.63, 3.8) is 0 Å². The van der Waals surface area contributed by atoms with E-state index >= 15 is 0 Å². The number of hydrogen-bond donors (Lipinski definition) is 2. The van der Waals surface area contributed by atoms with Gasteiger partial charge in [0.2, 0.25) is 11.5 Å². The molecule has 2 aliphatic carbocycles. The lowest BCUT2D eigenvalue weighted by Crippen LogP contribution is -2.36. The molecule has 2 atom stereocenters. The number of H-pyrrole nitrogens is 1. The van der Waals surface area contributed by atoms with Gasteiger partial charge in [-0.1, -0.05) is 24.3 Å². The molecule has 0 radical (unpaired) electrons. The molecule has 4 nitrogen and oxygen atoms in total. The maximum absolute atomic E-state index is 12.9. The third-order valence-electron chi connectivity index (χ3n) is 5.33. The van der Waals surface area contributed by atoms with Crippen LogP contribution in [-0.2, 0) is 17.6 Å².